The first-order valence-electron chi connectivity index (χ1n) is 14.6. The molecule has 2 fully saturated rings. The molecule has 2 aliphatic heterocycles. The van der Waals surface area contributed by atoms with Crippen molar-refractivity contribution in [3.8, 4) is 0 Å². The summed E-state index contributed by atoms with van der Waals surface area (Å²) in [5.74, 6) is -0.326. The molecule has 3 aromatic carbocycles. The molecule has 5 aromatic rings. The van der Waals surface area contributed by atoms with E-state index in [1.165, 1.54) is 0 Å². The molecule has 0 atom stereocenters. The molecule has 2 amide bonds. The Bertz CT molecular complexity index is 1780. The second-order valence-corrected chi connectivity index (χ2v) is 11.2. The van der Waals surface area contributed by atoms with Crippen molar-refractivity contribution in [2.24, 2.45) is 0 Å². The lowest BCUT2D eigenvalue weighted by Gasteiger charge is -2.34. The highest BCUT2D eigenvalue weighted by Crippen LogP contribution is 2.28. The van der Waals surface area contributed by atoms with Crippen LogP contribution in [0.5, 0.6) is 0 Å². The number of carbonyl (C=O) groups is 2. The van der Waals surface area contributed by atoms with Crippen LogP contribution < -0.4 is 11.4 Å². The van der Waals surface area contributed by atoms with Gasteiger partial charge in [-0.2, -0.15) is 0 Å². The van der Waals surface area contributed by atoms with Crippen LogP contribution in [-0.4, -0.2) is 66.9 Å². The molecule has 0 unspecified atom stereocenters. The van der Waals surface area contributed by atoms with E-state index >= 15 is 0 Å². The van der Waals surface area contributed by atoms with Crippen LogP contribution in [0.3, 0.4) is 0 Å². The molecule has 2 aliphatic rings. The molecule has 10 nitrogen and oxygen atoms in total. The lowest BCUT2D eigenvalue weighted by Crippen LogP contribution is -2.43. The topological polar surface area (TPSA) is 116 Å². The zero-order chi connectivity index (χ0) is 28.8. The molecule has 0 bridgehead atoms. The van der Waals surface area contributed by atoms with Gasteiger partial charge in [0.1, 0.15) is 0 Å². The smallest absolute Gasteiger partial charge is 0.326 e. The number of nitrogens with one attached hydrogen (secondary N) is 2. The van der Waals surface area contributed by atoms with Gasteiger partial charge in [-0.15, -0.1) is 0 Å². The number of amides is 2. The number of para-hydroxylation sites is 4. The van der Waals surface area contributed by atoms with E-state index in [4.69, 9.17) is 0 Å². The lowest BCUT2D eigenvalue weighted by molar-refractivity contribution is 0.0655. The molecule has 0 spiro atoms. The molecular weight excluding hydrogens is 532 g/mol. The minimum Gasteiger partial charge on any atom is -0.338 e. The Balaban J connectivity index is 1.04. The van der Waals surface area contributed by atoms with Gasteiger partial charge in [0.25, 0.3) is 11.8 Å². The third kappa shape index (κ3) is 4.43. The van der Waals surface area contributed by atoms with Gasteiger partial charge in [-0.05, 0) is 62.1 Å². The fraction of sp³-hybridized carbons (Fsp3) is 0.312. The Morgan fingerprint density at radius 1 is 0.548 bits per heavy atom. The minimum atomic E-state index is -0.163. The number of aromatic amines is 2. The first kappa shape index (κ1) is 26.1. The average Bonchev–Trinajstić information content (AvgIpc) is 3.55. The Morgan fingerprint density at radius 2 is 0.905 bits per heavy atom. The van der Waals surface area contributed by atoms with Crippen molar-refractivity contribution in [1.82, 2.24) is 28.9 Å². The van der Waals surface area contributed by atoms with Crippen LogP contribution in [0.25, 0.3) is 22.1 Å². The Morgan fingerprint density at radius 3 is 1.31 bits per heavy atom. The van der Waals surface area contributed by atoms with Gasteiger partial charge in [0.15, 0.2) is 0 Å². The van der Waals surface area contributed by atoms with Gasteiger partial charge in [0.2, 0.25) is 0 Å². The number of rotatable bonds is 4. The summed E-state index contributed by atoms with van der Waals surface area (Å²) >= 11 is 0. The van der Waals surface area contributed by atoms with E-state index in [9.17, 15) is 19.2 Å². The molecule has 2 N–H and O–H groups in total. The predicted molar refractivity (Wildman–Crippen MR) is 160 cm³/mol. The molecule has 0 aliphatic carbocycles. The number of H-pyrrole nitrogens is 2. The number of hydrogen-bond donors (Lipinski definition) is 2. The van der Waals surface area contributed by atoms with Crippen LogP contribution in [0, 0.1) is 0 Å². The highest BCUT2D eigenvalue weighted by molar-refractivity contribution is 6.07. The Labute approximate surface area is 241 Å². The van der Waals surface area contributed by atoms with Gasteiger partial charge in [-0.1, -0.05) is 36.4 Å². The van der Waals surface area contributed by atoms with Gasteiger partial charge >= 0.3 is 11.4 Å². The van der Waals surface area contributed by atoms with Crippen molar-refractivity contribution in [2.45, 2.75) is 37.8 Å². The highest BCUT2D eigenvalue weighted by Gasteiger charge is 2.31. The van der Waals surface area contributed by atoms with Crippen molar-refractivity contribution < 1.29 is 9.59 Å². The summed E-state index contributed by atoms with van der Waals surface area (Å²) in [5, 5.41) is 0. The zero-order valence-electron chi connectivity index (χ0n) is 23.2. The van der Waals surface area contributed by atoms with E-state index in [1.54, 1.807) is 34.1 Å². The summed E-state index contributed by atoms with van der Waals surface area (Å²) in [6, 6.07) is 22.3. The van der Waals surface area contributed by atoms with Crippen molar-refractivity contribution in [3.63, 3.8) is 0 Å². The van der Waals surface area contributed by atoms with Crippen molar-refractivity contribution in [2.75, 3.05) is 26.2 Å². The maximum Gasteiger partial charge on any atom is 0.326 e. The lowest BCUT2D eigenvalue weighted by atomic mass is 9.99. The van der Waals surface area contributed by atoms with E-state index in [1.807, 2.05) is 57.7 Å². The number of imidazole rings is 2. The van der Waals surface area contributed by atoms with Crippen LogP contribution in [-0.2, 0) is 0 Å². The fourth-order valence-electron chi connectivity index (χ4n) is 6.72. The number of hydrogen-bond acceptors (Lipinski definition) is 4. The van der Waals surface area contributed by atoms with Gasteiger partial charge < -0.3 is 19.8 Å². The average molecular weight is 565 g/mol. The van der Waals surface area contributed by atoms with Crippen molar-refractivity contribution >= 4 is 33.9 Å². The summed E-state index contributed by atoms with van der Waals surface area (Å²) in [6.45, 7) is 2.01. The van der Waals surface area contributed by atoms with Crippen LogP contribution in [0.1, 0.15) is 58.5 Å². The number of piperidine rings is 2. The molecule has 214 valence electrons. The summed E-state index contributed by atoms with van der Waals surface area (Å²) in [6.07, 6.45) is 2.63. The molecule has 2 aromatic heterocycles. The van der Waals surface area contributed by atoms with Gasteiger partial charge in [0, 0.05) is 38.3 Å². The predicted octanol–water partition coefficient (Wildman–Crippen LogP) is 3.93. The largest absolute Gasteiger partial charge is 0.338 e. The third-order valence-corrected chi connectivity index (χ3v) is 8.87. The van der Waals surface area contributed by atoms with E-state index < -0.39 is 0 Å². The number of benzene rings is 3. The molecule has 42 heavy (non-hydrogen) atoms. The quantitative estimate of drug-likeness (QED) is 0.344. The number of likely N-dealkylation sites (tertiary alicyclic amines) is 2. The second-order valence-electron chi connectivity index (χ2n) is 11.2. The first-order valence-corrected chi connectivity index (χ1v) is 14.6. The van der Waals surface area contributed by atoms with Crippen molar-refractivity contribution in [3.05, 3.63) is 105 Å². The monoisotopic (exact) mass is 564 g/mol. The second kappa shape index (κ2) is 10.5. The molecule has 2 saturated heterocycles. The number of aromatic nitrogens is 4. The Kier molecular flexibility index (Phi) is 6.53. The molecule has 7 rings (SSSR count). The number of fused-ring (bicyclic) bond motifs is 2. The first-order chi connectivity index (χ1) is 20.5. The van der Waals surface area contributed by atoms with E-state index in [0.717, 1.165) is 22.1 Å². The maximum atomic E-state index is 13.7. The van der Waals surface area contributed by atoms with Crippen LogP contribution in [0.15, 0.2) is 82.4 Å². The Hall–Kier alpha value is -4.86. The summed E-state index contributed by atoms with van der Waals surface area (Å²) < 4.78 is 3.62. The number of nitrogens with zero attached hydrogens (tertiary/aromatic N) is 4. The van der Waals surface area contributed by atoms with E-state index in [0.29, 0.717) is 63.0 Å². The van der Waals surface area contributed by atoms with Crippen LogP contribution in [0.4, 0.5) is 0 Å². The molecule has 10 heteroatoms. The third-order valence-electron chi connectivity index (χ3n) is 8.87. The van der Waals surface area contributed by atoms with Crippen LogP contribution in [0.2, 0.25) is 0 Å². The summed E-state index contributed by atoms with van der Waals surface area (Å²) in [7, 11) is 0. The standard InChI is InChI=1S/C32H32N6O4/c39-29(35-17-13-21(14-18-35)37-27-11-5-3-9-25(27)33-31(37)41)23-7-1-2-8-24(23)30(40)36-19-15-22(16-20-36)38-28-12-6-4-10-26(28)34-32(38)42/h1-12,21-22H,13-20H2,(H,33,41)(H,34,42). The van der Waals surface area contributed by atoms with Gasteiger partial charge in [0.05, 0.1) is 33.2 Å². The van der Waals surface area contributed by atoms with Crippen LogP contribution >= 0.6 is 0 Å². The highest BCUT2D eigenvalue weighted by atomic mass is 16.2. The summed E-state index contributed by atoms with van der Waals surface area (Å²) in [4.78, 5) is 62.1. The van der Waals surface area contributed by atoms with Crippen molar-refractivity contribution in [1.29, 1.82) is 0 Å². The van der Waals surface area contributed by atoms with Gasteiger partial charge in [-0.25, -0.2) is 9.59 Å². The van der Waals surface area contributed by atoms with Gasteiger partial charge in [-0.3, -0.25) is 18.7 Å². The van der Waals surface area contributed by atoms with E-state index in [2.05, 4.69) is 9.97 Å². The molecule has 0 saturated carbocycles. The van der Waals surface area contributed by atoms with E-state index in [-0.39, 0.29) is 35.3 Å². The summed E-state index contributed by atoms with van der Waals surface area (Å²) in [5.41, 5.74) is 3.92. The molecule has 0 radical (unpaired) electrons. The SMILES string of the molecule is O=C(c1ccccc1C(=O)N1CCC(n2c(=O)[nH]c3ccccc32)CC1)N1CCC(n2c(=O)[nH]c3ccccc32)CC1. The number of carbonyl (C=O) groups excluding carboxylic acids is 2. The minimum absolute atomic E-state index is 0.000487. The zero-order valence-corrected chi connectivity index (χ0v) is 23.2. The normalized spacial score (nSPS) is 16.9. The molecular formula is C32H32N6O4. The fourth-order valence-corrected chi connectivity index (χ4v) is 6.72. The molecule has 4 heterocycles. The maximum absolute atomic E-state index is 13.7.